The molecule has 37 heavy (non-hydrogen) atoms. The van der Waals surface area contributed by atoms with E-state index in [1.165, 1.54) is 4.90 Å². The molecule has 13 heteroatoms. The highest BCUT2D eigenvalue weighted by molar-refractivity contribution is 5.96. The van der Waals surface area contributed by atoms with Crippen molar-refractivity contribution in [3.05, 3.63) is 65.6 Å². The largest absolute Gasteiger partial charge is 0.454 e. The summed E-state index contributed by atoms with van der Waals surface area (Å²) < 4.78 is 66.0. The van der Waals surface area contributed by atoms with Gasteiger partial charge in [0.25, 0.3) is 11.7 Å². The molecule has 9 nitrogen and oxygen atoms in total. The smallest absolute Gasteiger partial charge is 0.417 e. The molecule has 4 aromatic rings. The number of anilines is 1. The molecule has 4 heterocycles. The van der Waals surface area contributed by atoms with Gasteiger partial charge in [-0.3, -0.25) is 4.79 Å². The number of nitrogens with zero attached hydrogens (tertiary/aromatic N) is 6. The molecule has 0 aliphatic carbocycles. The maximum absolute atomic E-state index is 13.4. The SMILES string of the molecule is O=C(c1ccc(F)cc1C(F)(F)F)N1CCN(c2nc3nccc(-c4ccc5c(c4)OCO5)n3n2)CC1. The Morgan fingerprint density at radius 3 is 2.51 bits per heavy atom. The van der Waals surface area contributed by atoms with E-state index in [0.717, 1.165) is 23.4 Å². The monoisotopic (exact) mass is 514 g/mol. The molecule has 0 bridgehead atoms. The fourth-order valence-electron chi connectivity index (χ4n) is 4.41. The first-order valence-electron chi connectivity index (χ1n) is 11.3. The molecule has 0 atom stereocenters. The highest BCUT2D eigenvalue weighted by atomic mass is 19.4. The average Bonchev–Trinajstić information content (AvgIpc) is 3.54. The van der Waals surface area contributed by atoms with Crippen LogP contribution in [-0.2, 0) is 6.18 Å². The molecule has 2 aromatic heterocycles. The molecule has 0 unspecified atom stereocenters. The van der Waals surface area contributed by atoms with Crippen LogP contribution >= 0.6 is 0 Å². The fourth-order valence-corrected chi connectivity index (χ4v) is 4.41. The van der Waals surface area contributed by atoms with Crippen LogP contribution in [-0.4, -0.2) is 63.4 Å². The lowest BCUT2D eigenvalue weighted by Gasteiger charge is -2.34. The second kappa shape index (κ2) is 8.61. The molecule has 2 aliphatic rings. The number of ether oxygens (including phenoxy) is 2. The Labute approximate surface area is 206 Å². The summed E-state index contributed by atoms with van der Waals surface area (Å²) in [6.45, 7) is 1.04. The molecule has 0 radical (unpaired) electrons. The summed E-state index contributed by atoms with van der Waals surface area (Å²) in [4.78, 5) is 24.8. The van der Waals surface area contributed by atoms with E-state index in [1.807, 2.05) is 23.1 Å². The zero-order valence-electron chi connectivity index (χ0n) is 19.1. The fraction of sp³-hybridized carbons (Fsp3) is 0.250. The van der Waals surface area contributed by atoms with E-state index in [4.69, 9.17) is 9.47 Å². The van der Waals surface area contributed by atoms with E-state index in [2.05, 4.69) is 15.1 Å². The van der Waals surface area contributed by atoms with Crippen molar-refractivity contribution in [2.75, 3.05) is 37.9 Å². The molecule has 190 valence electrons. The predicted molar refractivity (Wildman–Crippen MR) is 122 cm³/mol. The zero-order valence-corrected chi connectivity index (χ0v) is 19.1. The Bertz CT molecular complexity index is 1510. The topological polar surface area (TPSA) is 85.1 Å². The van der Waals surface area contributed by atoms with E-state index in [-0.39, 0.29) is 19.9 Å². The maximum Gasteiger partial charge on any atom is 0.417 e. The van der Waals surface area contributed by atoms with E-state index in [0.29, 0.717) is 42.4 Å². The molecular formula is C24H18F4N6O3. The zero-order chi connectivity index (χ0) is 25.7. The Morgan fingerprint density at radius 1 is 0.946 bits per heavy atom. The minimum Gasteiger partial charge on any atom is -0.454 e. The average molecular weight is 514 g/mol. The van der Waals surface area contributed by atoms with Gasteiger partial charge in [-0.15, -0.1) is 5.10 Å². The van der Waals surface area contributed by atoms with Crippen molar-refractivity contribution in [2.45, 2.75) is 6.18 Å². The number of halogens is 4. The van der Waals surface area contributed by atoms with Crippen molar-refractivity contribution in [3.63, 3.8) is 0 Å². The van der Waals surface area contributed by atoms with E-state index >= 15 is 0 Å². The normalized spacial score (nSPS) is 15.5. The minimum absolute atomic E-state index is 0.144. The minimum atomic E-state index is -4.85. The van der Waals surface area contributed by atoms with Gasteiger partial charge >= 0.3 is 6.18 Å². The Morgan fingerprint density at radius 2 is 1.73 bits per heavy atom. The van der Waals surface area contributed by atoms with E-state index < -0.39 is 29.0 Å². The van der Waals surface area contributed by atoms with Crippen molar-refractivity contribution in [2.24, 2.45) is 0 Å². The standard InChI is InChI=1S/C24H18F4N6O3/c25-15-2-3-16(17(12-15)24(26,27)28)21(35)32-7-9-33(10-8-32)23-30-22-29-6-5-18(34(22)31-23)14-1-4-19-20(11-14)37-13-36-19/h1-6,11-12H,7-10,13H2. The summed E-state index contributed by atoms with van der Waals surface area (Å²) in [7, 11) is 0. The van der Waals surface area contributed by atoms with Crippen molar-refractivity contribution >= 4 is 17.6 Å². The lowest BCUT2D eigenvalue weighted by atomic mass is 10.0. The van der Waals surface area contributed by atoms with Crippen LogP contribution in [0.3, 0.4) is 0 Å². The van der Waals surface area contributed by atoms with Gasteiger partial charge in [-0.05, 0) is 42.5 Å². The second-order valence-electron chi connectivity index (χ2n) is 8.49. The molecule has 1 saturated heterocycles. The number of carbonyl (C=O) groups excluding carboxylic acids is 1. The number of rotatable bonds is 3. The molecule has 2 aliphatic heterocycles. The lowest BCUT2D eigenvalue weighted by Crippen LogP contribution is -2.49. The van der Waals surface area contributed by atoms with Gasteiger partial charge in [0.2, 0.25) is 12.7 Å². The van der Waals surface area contributed by atoms with Crippen LogP contribution in [0.4, 0.5) is 23.5 Å². The first-order chi connectivity index (χ1) is 17.8. The molecule has 0 saturated carbocycles. The summed E-state index contributed by atoms with van der Waals surface area (Å²) in [5, 5.41) is 4.59. The van der Waals surface area contributed by atoms with Crippen LogP contribution < -0.4 is 14.4 Å². The predicted octanol–water partition coefficient (Wildman–Crippen LogP) is 3.64. The summed E-state index contributed by atoms with van der Waals surface area (Å²) in [6, 6.07) is 9.38. The molecule has 1 amide bonds. The summed E-state index contributed by atoms with van der Waals surface area (Å²) in [5.41, 5.74) is -0.315. The highest BCUT2D eigenvalue weighted by Crippen LogP contribution is 2.36. The van der Waals surface area contributed by atoms with Crippen molar-refractivity contribution in [1.82, 2.24) is 24.5 Å². The van der Waals surface area contributed by atoms with Gasteiger partial charge in [0.15, 0.2) is 11.5 Å². The number of alkyl halides is 3. The number of aromatic nitrogens is 4. The third kappa shape index (κ3) is 4.15. The molecular weight excluding hydrogens is 496 g/mol. The van der Waals surface area contributed by atoms with E-state index in [9.17, 15) is 22.4 Å². The molecule has 6 rings (SSSR count). The van der Waals surface area contributed by atoms with Gasteiger partial charge in [0.1, 0.15) is 5.82 Å². The van der Waals surface area contributed by atoms with Crippen LogP contribution in [0.15, 0.2) is 48.7 Å². The number of piperazine rings is 1. The van der Waals surface area contributed by atoms with Crippen LogP contribution in [0.5, 0.6) is 11.5 Å². The lowest BCUT2D eigenvalue weighted by molar-refractivity contribution is -0.138. The Kier molecular flexibility index (Phi) is 5.35. The van der Waals surface area contributed by atoms with Crippen LogP contribution in [0.1, 0.15) is 15.9 Å². The molecule has 2 aromatic carbocycles. The number of carbonyl (C=O) groups is 1. The third-order valence-corrected chi connectivity index (χ3v) is 6.26. The van der Waals surface area contributed by atoms with Gasteiger partial charge < -0.3 is 19.3 Å². The number of hydrogen-bond acceptors (Lipinski definition) is 7. The third-order valence-electron chi connectivity index (χ3n) is 6.26. The van der Waals surface area contributed by atoms with Crippen LogP contribution in [0.2, 0.25) is 0 Å². The van der Waals surface area contributed by atoms with E-state index in [1.54, 1.807) is 16.8 Å². The molecule has 0 spiro atoms. The van der Waals surface area contributed by atoms with Gasteiger partial charge in [-0.1, -0.05) is 0 Å². The number of fused-ring (bicyclic) bond motifs is 2. The summed E-state index contributed by atoms with van der Waals surface area (Å²) in [6.07, 6.45) is -3.23. The maximum atomic E-state index is 13.4. The van der Waals surface area contributed by atoms with Gasteiger partial charge in [-0.2, -0.15) is 22.7 Å². The van der Waals surface area contributed by atoms with Crippen LogP contribution in [0, 0.1) is 5.82 Å². The van der Waals surface area contributed by atoms with Crippen molar-refractivity contribution in [1.29, 1.82) is 0 Å². The Balaban J connectivity index is 1.22. The second-order valence-corrected chi connectivity index (χ2v) is 8.49. The number of benzene rings is 2. The summed E-state index contributed by atoms with van der Waals surface area (Å²) in [5.74, 6) is 0.166. The van der Waals surface area contributed by atoms with Crippen LogP contribution in [0.25, 0.3) is 17.0 Å². The highest BCUT2D eigenvalue weighted by Gasteiger charge is 2.37. The van der Waals surface area contributed by atoms with Gasteiger partial charge in [0.05, 0.1) is 16.8 Å². The van der Waals surface area contributed by atoms with Crippen molar-refractivity contribution < 1.29 is 31.8 Å². The molecule has 1 fully saturated rings. The summed E-state index contributed by atoms with van der Waals surface area (Å²) >= 11 is 0. The number of amides is 1. The molecule has 0 N–H and O–H groups in total. The van der Waals surface area contributed by atoms with Crippen molar-refractivity contribution in [3.8, 4) is 22.8 Å². The quantitative estimate of drug-likeness (QED) is 0.386. The van der Waals surface area contributed by atoms with Gasteiger partial charge in [-0.25, -0.2) is 9.37 Å². The first kappa shape index (κ1) is 23.0. The first-order valence-corrected chi connectivity index (χ1v) is 11.3. The Hall–Kier alpha value is -4.42. The van der Waals surface area contributed by atoms with Gasteiger partial charge in [0, 0.05) is 37.9 Å². The number of hydrogen-bond donors (Lipinski definition) is 0.